The maximum atomic E-state index is 12.5. The van der Waals surface area contributed by atoms with Gasteiger partial charge in [0.15, 0.2) is 5.69 Å². The lowest BCUT2D eigenvalue weighted by Crippen LogP contribution is -2.35. The summed E-state index contributed by atoms with van der Waals surface area (Å²) in [4.78, 5) is 27.9. The number of fused-ring (bicyclic) bond motifs is 1. The fourth-order valence-electron chi connectivity index (χ4n) is 3.05. The van der Waals surface area contributed by atoms with Gasteiger partial charge in [0.05, 0.1) is 5.56 Å². The third-order valence-electron chi connectivity index (χ3n) is 4.64. The molecule has 0 saturated heterocycles. The van der Waals surface area contributed by atoms with Crippen molar-refractivity contribution in [2.24, 2.45) is 12.8 Å². The summed E-state index contributed by atoms with van der Waals surface area (Å²) in [5.41, 5.74) is 8.24. The molecule has 9 heteroatoms. The average molecular weight is 398 g/mol. The van der Waals surface area contributed by atoms with Crippen molar-refractivity contribution in [3.8, 4) is 0 Å². The van der Waals surface area contributed by atoms with Crippen LogP contribution < -0.4 is 11.1 Å². The van der Waals surface area contributed by atoms with Gasteiger partial charge in [0.2, 0.25) is 0 Å². The van der Waals surface area contributed by atoms with E-state index in [1.54, 1.807) is 17.8 Å². The number of nitrogens with two attached hydrogens (primary N) is 1. The fourth-order valence-corrected chi connectivity index (χ4v) is 4.33. The van der Waals surface area contributed by atoms with Crippen LogP contribution in [0.15, 0.2) is 6.07 Å². The minimum absolute atomic E-state index is 0. The first-order valence-electron chi connectivity index (χ1n) is 8.28. The summed E-state index contributed by atoms with van der Waals surface area (Å²) < 4.78 is 1.64. The van der Waals surface area contributed by atoms with Gasteiger partial charge in [-0.25, -0.2) is 0 Å². The molecule has 0 aliphatic carbocycles. The molecule has 3 rings (SSSR count). The number of aryl methyl sites for hydroxylation is 2. The predicted octanol–water partition coefficient (Wildman–Crippen LogP) is 2.33. The second kappa shape index (κ2) is 7.77. The number of hydrogen-bond donors (Lipinski definition) is 2. The zero-order valence-corrected chi connectivity index (χ0v) is 17.0. The molecule has 0 spiro atoms. The number of carbonyl (C=O) groups is 2. The summed E-state index contributed by atoms with van der Waals surface area (Å²) in [6.07, 6.45) is 0.765. The van der Waals surface area contributed by atoms with Crippen molar-refractivity contribution >= 4 is 40.6 Å². The molecule has 0 fully saturated rings. The van der Waals surface area contributed by atoms with Crippen molar-refractivity contribution in [3.05, 3.63) is 33.5 Å². The van der Waals surface area contributed by atoms with E-state index in [4.69, 9.17) is 5.73 Å². The van der Waals surface area contributed by atoms with Crippen molar-refractivity contribution in [2.75, 3.05) is 11.9 Å². The van der Waals surface area contributed by atoms with Crippen LogP contribution in [0, 0.1) is 6.92 Å². The van der Waals surface area contributed by atoms with E-state index in [9.17, 15) is 9.59 Å². The van der Waals surface area contributed by atoms with Crippen LogP contribution in [0.1, 0.15) is 50.8 Å². The third kappa shape index (κ3) is 3.77. The van der Waals surface area contributed by atoms with Crippen LogP contribution in [-0.4, -0.2) is 39.1 Å². The Labute approximate surface area is 163 Å². The van der Waals surface area contributed by atoms with E-state index in [0.29, 0.717) is 22.3 Å². The summed E-state index contributed by atoms with van der Waals surface area (Å²) in [6, 6.07) is 2.15. The Kier molecular flexibility index (Phi) is 6.10. The number of hydrogen-bond acceptors (Lipinski definition) is 5. The second-order valence-electron chi connectivity index (χ2n) is 6.64. The van der Waals surface area contributed by atoms with E-state index in [2.05, 4.69) is 29.2 Å². The summed E-state index contributed by atoms with van der Waals surface area (Å²) in [5, 5.41) is 7.54. The highest BCUT2D eigenvalue weighted by Gasteiger charge is 2.28. The lowest BCUT2D eigenvalue weighted by Gasteiger charge is -2.30. The van der Waals surface area contributed by atoms with Gasteiger partial charge in [0.25, 0.3) is 11.8 Å². The number of halogens is 1. The molecule has 2 amide bonds. The zero-order valence-electron chi connectivity index (χ0n) is 15.3. The van der Waals surface area contributed by atoms with Crippen LogP contribution >= 0.6 is 23.7 Å². The number of amides is 2. The van der Waals surface area contributed by atoms with Crippen molar-refractivity contribution < 1.29 is 9.59 Å². The van der Waals surface area contributed by atoms with Crippen molar-refractivity contribution in [1.82, 2.24) is 14.7 Å². The number of carbonyl (C=O) groups excluding carboxylic acids is 2. The molecule has 0 bridgehead atoms. The first-order valence-corrected chi connectivity index (χ1v) is 9.10. The number of nitrogens with zero attached hydrogens (tertiary/aromatic N) is 3. The average Bonchev–Trinajstić information content (AvgIpc) is 3.06. The Morgan fingerprint density at radius 3 is 2.62 bits per heavy atom. The highest BCUT2D eigenvalue weighted by Crippen LogP contribution is 2.37. The molecular weight excluding hydrogens is 374 g/mol. The topological polar surface area (TPSA) is 93.2 Å². The predicted molar refractivity (Wildman–Crippen MR) is 105 cm³/mol. The highest BCUT2D eigenvalue weighted by atomic mass is 35.5. The van der Waals surface area contributed by atoms with E-state index in [1.807, 2.05) is 6.92 Å². The summed E-state index contributed by atoms with van der Waals surface area (Å²) >= 11 is 1.44. The van der Waals surface area contributed by atoms with Crippen LogP contribution in [0.5, 0.6) is 0 Å². The molecule has 0 unspecified atom stereocenters. The highest BCUT2D eigenvalue weighted by molar-refractivity contribution is 7.17. The van der Waals surface area contributed by atoms with E-state index in [0.717, 1.165) is 35.6 Å². The molecular formula is C17H24ClN5O2S. The molecule has 0 aromatic carbocycles. The largest absolute Gasteiger partial charge is 0.365 e. The Morgan fingerprint density at radius 1 is 1.38 bits per heavy atom. The number of aromatic nitrogens is 2. The molecule has 26 heavy (non-hydrogen) atoms. The summed E-state index contributed by atoms with van der Waals surface area (Å²) in [7, 11) is 1.78. The molecule has 0 saturated carbocycles. The monoisotopic (exact) mass is 397 g/mol. The Morgan fingerprint density at radius 2 is 2.08 bits per heavy atom. The molecule has 0 radical (unpaired) electrons. The maximum Gasteiger partial charge on any atom is 0.276 e. The first-order chi connectivity index (χ1) is 11.8. The van der Waals surface area contributed by atoms with E-state index in [1.165, 1.54) is 11.3 Å². The van der Waals surface area contributed by atoms with Gasteiger partial charge in [-0.15, -0.1) is 23.7 Å². The molecule has 2 aromatic heterocycles. The second-order valence-corrected chi connectivity index (χ2v) is 7.74. The van der Waals surface area contributed by atoms with E-state index >= 15 is 0 Å². The lowest BCUT2D eigenvalue weighted by atomic mass is 10.0. The normalized spacial score (nSPS) is 14.0. The number of thiophene rings is 1. The van der Waals surface area contributed by atoms with Crippen LogP contribution in [0.4, 0.5) is 5.00 Å². The van der Waals surface area contributed by atoms with Gasteiger partial charge in [-0.3, -0.25) is 19.2 Å². The van der Waals surface area contributed by atoms with Gasteiger partial charge in [0.1, 0.15) is 5.00 Å². The first kappa shape index (κ1) is 20.4. The van der Waals surface area contributed by atoms with Gasteiger partial charge in [-0.05, 0) is 38.8 Å². The molecule has 2 aromatic rings. The number of nitrogens with one attached hydrogen (secondary N) is 1. The molecule has 3 N–H and O–H groups in total. The molecule has 1 aliphatic heterocycles. The quantitative estimate of drug-likeness (QED) is 0.827. The van der Waals surface area contributed by atoms with Crippen LogP contribution in [0.2, 0.25) is 0 Å². The Balaban J connectivity index is 0.00000243. The summed E-state index contributed by atoms with van der Waals surface area (Å²) in [5.74, 6) is -0.825. The minimum Gasteiger partial charge on any atom is -0.365 e. The maximum absolute atomic E-state index is 12.5. The third-order valence-corrected chi connectivity index (χ3v) is 5.77. The van der Waals surface area contributed by atoms with Gasteiger partial charge >= 0.3 is 0 Å². The van der Waals surface area contributed by atoms with Crippen molar-refractivity contribution in [2.45, 2.75) is 39.8 Å². The molecule has 142 valence electrons. The van der Waals surface area contributed by atoms with Crippen molar-refractivity contribution in [1.29, 1.82) is 0 Å². The van der Waals surface area contributed by atoms with Crippen LogP contribution in [0.25, 0.3) is 0 Å². The fraction of sp³-hybridized carbons (Fsp3) is 0.471. The number of anilines is 1. The Bertz CT molecular complexity index is 823. The molecule has 0 atom stereocenters. The van der Waals surface area contributed by atoms with E-state index < -0.39 is 5.91 Å². The smallest absolute Gasteiger partial charge is 0.276 e. The SMILES string of the molecule is Cc1cc(C(=O)Nc2sc3c(c2C(N)=O)CCN(C(C)C)C3)nn1C.Cl. The van der Waals surface area contributed by atoms with Gasteiger partial charge < -0.3 is 11.1 Å². The minimum atomic E-state index is -0.497. The molecule has 7 nitrogen and oxygen atoms in total. The van der Waals surface area contributed by atoms with Crippen molar-refractivity contribution in [3.63, 3.8) is 0 Å². The zero-order chi connectivity index (χ0) is 18.3. The van der Waals surface area contributed by atoms with E-state index in [-0.39, 0.29) is 18.3 Å². The Hall–Kier alpha value is -1.90. The number of rotatable bonds is 4. The number of primary amides is 1. The van der Waals surface area contributed by atoms with Crippen LogP contribution in [0.3, 0.4) is 0 Å². The summed E-state index contributed by atoms with van der Waals surface area (Å²) in [6.45, 7) is 7.84. The van der Waals surface area contributed by atoms with Gasteiger partial charge in [-0.2, -0.15) is 5.10 Å². The van der Waals surface area contributed by atoms with Crippen LogP contribution in [-0.2, 0) is 20.0 Å². The van der Waals surface area contributed by atoms with Gasteiger partial charge in [-0.1, -0.05) is 0 Å². The standard InChI is InChI=1S/C17H23N5O2S.ClH/c1-9(2)22-6-5-11-13(8-22)25-17(14(11)15(18)23)19-16(24)12-7-10(3)21(4)20-12;/h7,9H,5-6,8H2,1-4H3,(H2,18,23)(H,19,24);1H. The molecule has 1 aliphatic rings. The molecule has 3 heterocycles. The van der Waals surface area contributed by atoms with Gasteiger partial charge in [0, 0.05) is 36.8 Å². The lowest BCUT2D eigenvalue weighted by molar-refractivity contribution is 0.0999.